The zero-order valence-electron chi connectivity index (χ0n) is 17.7. The molecule has 0 aliphatic carbocycles. The van der Waals surface area contributed by atoms with Crippen molar-refractivity contribution in [2.75, 3.05) is 33.0 Å². The largest absolute Gasteiger partial charge is 0.374 e. The first kappa shape index (κ1) is 24.4. The number of amides is 4. The standard InChI is InChI=1S/C19H33N3O5S/c1-18(2,17(26)20-5)8-10-27-19(3,4)12-21-14(23)7-9-22-15(24)11-13(28-6)16(22)25/h13H,7-12H2,1-6H3,(H,20,26)(H,21,23). The SMILES string of the molecule is CNC(=O)C(C)(C)CCOC(C)(C)CNC(=O)CCN1C(=O)CC(SC)C1=O. The maximum Gasteiger partial charge on any atom is 0.242 e. The number of likely N-dealkylation sites (tertiary alicyclic amines) is 1. The van der Waals surface area contributed by atoms with E-state index in [-0.39, 0.29) is 48.3 Å². The van der Waals surface area contributed by atoms with Crippen LogP contribution < -0.4 is 10.6 Å². The molecular weight excluding hydrogens is 382 g/mol. The van der Waals surface area contributed by atoms with Crippen LogP contribution in [0.1, 0.15) is 47.0 Å². The Morgan fingerprint density at radius 3 is 2.43 bits per heavy atom. The van der Waals surface area contributed by atoms with Crippen LogP contribution in [0.3, 0.4) is 0 Å². The molecule has 1 heterocycles. The number of carbonyl (C=O) groups excluding carboxylic acids is 4. The van der Waals surface area contributed by atoms with Gasteiger partial charge in [0, 0.05) is 45.0 Å². The minimum absolute atomic E-state index is 0.0445. The minimum Gasteiger partial charge on any atom is -0.374 e. The van der Waals surface area contributed by atoms with Crippen LogP contribution >= 0.6 is 11.8 Å². The van der Waals surface area contributed by atoms with Gasteiger partial charge < -0.3 is 15.4 Å². The number of hydrogen-bond donors (Lipinski definition) is 2. The second kappa shape index (κ2) is 10.2. The van der Waals surface area contributed by atoms with Crippen molar-refractivity contribution >= 4 is 35.4 Å². The van der Waals surface area contributed by atoms with Crippen LogP contribution in [0, 0.1) is 5.41 Å². The van der Waals surface area contributed by atoms with E-state index < -0.39 is 11.0 Å². The maximum atomic E-state index is 12.1. The number of hydrogen-bond acceptors (Lipinski definition) is 6. The summed E-state index contributed by atoms with van der Waals surface area (Å²) in [6.45, 7) is 8.20. The first-order chi connectivity index (χ1) is 12.9. The Hall–Kier alpha value is -1.61. The normalized spacial score (nSPS) is 17.8. The van der Waals surface area contributed by atoms with E-state index in [1.165, 1.54) is 16.7 Å². The van der Waals surface area contributed by atoms with Gasteiger partial charge in [0.2, 0.25) is 23.6 Å². The van der Waals surface area contributed by atoms with E-state index in [9.17, 15) is 19.2 Å². The van der Waals surface area contributed by atoms with E-state index in [1.54, 1.807) is 13.3 Å². The Bertz CT molecular complexity index is 606. The number of ether oxygens (including phenoxy) is 1. The number of nitrogens with zero attached hydrogens (tertiary/aromatic N) is 1. The summed E-state index contributed by atoms with van der Waals surface area (Å²) in [6, 6.07) is 0. The smallest absolute Gasteiger partial charge is 0.242 e. The highest BCUT2D eigenvalue weighted by atomic mass is 32.2. The summed E-state index contributed by atoms with van der Waals surface area (Å²) >= 11 is 1.35. The minimum atomic E-state index is -0.600. The number of imide groups is 1. The van der Waals surface area contributed by atoms with Crippen molar-refractivity contribution < 1.29 is 23.9 Å². The van der Waals surface area contributed by atoms with Gasteiger partial charge in [0.05, 0.1) is 10.9 Å². The Morgan fingerprint density at radius 2 is 1.89 bits per heavy atom. The number of thioether (sulfide) groups is 1. The second-order valence-corrected chi connectivity index (χ2v) is 9.20. The average molecular weight is 416 g/mol. The molecule has 28 heavy (non-hydrogen) atoms. The molecule has 2 N–H and O–H groups in total. The van der Waals surface area contributed by atoms with Gasteiger partial charge in [-0.1, -0.05) is 13.8 Å². The molecule has 0 saturated carbocycles. The average Bonchev–Trinajstić information content (AvgIpc) is 2.90. The molecule has 8 nitrogen and oxygen atoms in total. The molecule has 0 bridgehead atoms. The van der Waals surface area contributed by atoms with E-state index in [2.05, 4.69) is 10.6 Å². The lowest BCUT2D eigenvalue weighted by molar-refractivity contribution is -0.138. The molecule has 4 amide bonds. The summed E-state index contributed by atoms with van der Waals surface area (Å²) in [5.41, 5.74) is -1.13. The van der Waals surface area contributed by atoms with Crippen molar-refractivity contribution in [2.45, 2.75) is 57.8 Å². The first-order valence-electron chi connectivity index (χ1n) is 9.43. The lowest BCUT2D eigenvalue weighted by Crippen LogP contribution is -2.43. The third-order valence-corrected chi connectivity index (χ3v) is 5.76. The maximum absolute atomic E-state index is 12.1. The van der Waals surface area contributed by atoms with Crippen LogP contribution in [0.2, 0.25) is 0 Å². The van der Waals surface area contributed by atoms with E-state index >= 15 is 0 Å². The van der Waals surface area contributed by atoms with Crippen LogP contribution in [-0.2, 0) is 23.9 Å². The molecule has 0 aromatic carbocycles. The highest BCUT2D eigenvalue weighted by Crippen LogP contribution is 2.23. The van der Waals surface area contributed by atoms with Crippen molar-refractivity contribution in [1.82, 2.24) is 15.5 Å². The van der Waals surface area contributed by atoms with Crippen LogP contribution in [0.5, 0.6) is 0 Å². The van der Waals surface area contributed by atoms with Gasteiger partial charge >= 0.3 is 0 Å². The third-order valence-electron chi connectivity index (χ3n) is 4.82. The number of rotatable bonds is 11. The van der Waals surface area contributed by atoms with Gasteiger partial charge in [0.15, 0.2) is 0 Å². The topological polar surface area (TPSA) is 105 Å². The molecule has 1 atom stereocenters. The van der Waals surface area contributed by atoms with Gasteiger partial charge in [-0.15, -0.1) is 0 Å². The Kier molecular flexibility index (Phi) is 8.94. The van der Waals surface area contributed by atoms with Gasteiger partial charge in [-0.05, 0) is 26.5 Å². The quantitative estimate of drug-likeness (QED) is 0.487. The first-order valence-corrected chi connectivity index (χ1v) is 10.7. The predicted octanol–water partition coefficient (Wildman–Crippen LogP) is 0.941. The fourth-order valence-electron chi connectivity index (χ4n) is 2.77. The molecule has 1 unspecified atom stereocenters. The lowest BCUT2D eigenvalue weighted by atomic mass is 9.88. The van der Waals surface area contributed by atoms with Crippen molar-refractivity contribution in [1.29, 1.82) is 0 Å². The summed E-state index contributed by atoms with van der Waals surface area (Å²) < 4.78 is 5.83. The predicted molar refractivity (Wildman–Crippen MR) is 109 cm³/mol. The van der Waals surface area contributed by atoms with Crippen molar-refractivity contribution in [3.63, 3.8) is 0 Å². The summed E-state index contributed by atoms with van der Waals surface area (Å²) in [5.74, 6) is -0.722. The Balaban J connectivity index is 2.36. The second-order valence-electron chi connectivity index (χ2n) is 8.16. The molecular formula is C19H33N3O5S. The summed E-state index contributed by atoms with van der Waals surface area (Å²) in [6.07, 6.45) is 2.62. The third kappa shape index (κ3) is 7.09. The van der Waals surface area contributed by atoms with Crippen LogP contribution in [0.4, 0.5) is 0 Å². The fraction of sp³-hybridized carbons (Fsp3) is 0.789. The fourth-order valence-corrected chi connectivity index (χ4v) is 3.41. The summed E-state index contributed by atoms with van der Waals surface area (Å²) in [4.78, 5) is 49.0. The zero-order valence-corrected chi connectivity index (χ0v) is 18.5. The number of carbonyl (C=O) groups is 4. The van der Waals surface area contributed by atoms with Gasteiger partial charge in [-0.3, -0.25) is 24.1 Å². The molecule has 0 aromatic rings. The molecule has 1 fully saturated rings. The molecule has 9 heteroatoms. The molecule has 0 spiro atoms. The van der Waals surface area contributed by atoms with Crippen molar-refractivity contribution in [3.8, 4) is 0 Å². The molecule has 1 aliphatic heterocycles. The molecule has 1 saturated heterocycles. The van der Waals surface area contributed by atoms with E-state index in [0.717, 1.165) is 0 Å². The van der Waals surface area contributed by atoms with E-state index in [4.69, 9.17) is 4.74 Å². The molecule has 160 valence electrons. The van der Waals surface area contributed by atoms with Crippen molar-refractivity contribution in [3.05, 3.63) is 0 Å². The molecule has 1 aliphatic rings. The highest BCUT2D eigenvalue weighted by Gasteiger charge is 2.37. The summed E-state index contributed by atoms with van der Waals surface area (Å²) in [5, 5.41) is 5.09. The van der Waals surface area contributed by atoms with E-state index in [0.29, 0.717) is 19.6 Å². The van der Waals surface area contributed by atoms with Crippen molar-refractivity contribution in [2.24, 2.45) is 5.41 Å². The monoisotopic (exact) mass is 415 g/mol. The lowest BCUT2D eigenvalue weighted by Gasteiger charge is -2.29. The zero-order chi connectivity index (χ0) is 21.5. The van der Waals surface area contributed by atoms with Crippen LogP contribution in [0.25, 0.3) is 0 Å². The van der Waals surface area contributed by atoms with Gasteiger partial charge in [-0.2, -0.15) is 11.8 Å². The van der Waals surface area contributed by atoms with Gasteiger partial charge in [0.1, 0.15) is 0 Å². The van der Waals surface area contributed by atoms with Crippen LogP contribution in [-0.4, -0.2) is 72.4 Å². The molecule has 1 rings (SSSR count). The summed E-state index contributed by atoms with van der Waals surface area (Å²) in [7, 11) is 1.61. The highest BCUT2D eigenvalue weighted by molar-refractivity contribution is 8.00. The Labute approximate surface area is 171 Å². The Morgan fingerprint density at radius 1 is 1.25 bits per heavy atom. The van der Waals surface area contributed by atoms with Gasteiger partial charge in [-0.25, -0.2) is 0 Å². The number of nitrogens with one attached hydrogen (secondary N) is 2. The van der Waals surface area contributed by atoms with Gasteiger partial charge in [0.25, 0.3) is 0 Å². The molecule has 0 aromatic heterocycles. The molecule has 0 radical (unpaired) electrons. The van der Waals surface area contributed by atoms with E-state index in [1.807, 2.05) is 27.7 Å². The van der Waals surface area contributed by atoms with Crippen LogP contribution in [0.15, 0.2) is 0 Å².